The van der Waals surface area contributed by atoms with Crippen molar-refractivity contribution < 1.29 is 19.1 Å². The van der Waals surface area contributed by atoms with E-state index in [1.807, 2.05) is 46.2 Å². The van der Waals surface area contributed by atoms with Crippen molar-refractivity contribution in [2.24, 2.45) is 11.8 Å². The molecule has 0 unspecified atom stereocenters. The van der Waals surface area contributed by atoms with Crippen LogP contribution in [-0.4, -0.2) is 61.0 Å². The normalized spacial score (nSPS) is 14.3. The molecular formula is C27H34Br2N2O4. The Morgan fingerprint density at radius 2 is 1.14 bits per heavy atom. The van der Waals surface area contributed by atoms with Crippen molar-refractivity contribution in [3.8, 4) is 11.5 Å². The maximum atomic E-state index is 13.5. The Kier molecular flexibility index (Phi) is 10.0. The van der Waals surface area contributed by atoms with Crippen molar-refractivity contribution in [1.82, 2.24) is 9.80 Å². The lowest BCUT2D eigenvalue weighted by Crippen LogP contribution is -2.37. The van der Waals surface area contributed by atoms with E-state index in [0.29, 0.717) is 80.3 Å². The minimum Gasteiger partial charge on any atom is -0.492 e. The van der Waals surface area contributed by atoms with Gasteiger partial charge in [-0.15, -0.1) is 0 Å². The molecule has 0 spiro atoms. The summed E-state index contributed by atoms with van der Waals surface area (Å²) in [7, 11) is 0. The molecule has 2 aromatic carbocycles. The molecule has 190 valence electrons. The highest BCUT2D eigenvalue weighted by molar-refractivity contribution is 9.10. The molecule has 2 aromatic rings. The molecule has 0 radical (unpaired) electrons. The van der Waals surface area contributed by atoms with Gasteiger partial charge >= 0.3 is 0 Å². The average molecular weight is 610 g/mol. The largest absolute Gasteiger partial charge is 0.492 e. The van der Waals surface area contributed by atoms with E-state index in [4.69, 9.17) is 9.47 Å². The molecule has 1 fully saturated rings. The molecule has 8 heteroatoms. The van der Waals surface area contributed by atoms with E-state index in [1.54, 1.807) is 0 Å². The second-order valence-electron chi connectivity index (χ2n) is 9.63. The highest BCUT2D eigenvalue weighted by atomic mass is 79.9. The van der Waals surface area contributed by atoms with E-state index in [0.717, 1.165) is 8.95 Å². The van der Waals surface area contributed by atoms with Crippen LogP contribution < -0.4 is 9.47 Å². The average Bonchev–Trinajstić information content (AvgIpc) is 3.07. The van der Waals surface area contributed by atoms with E-state index in [9.17, 15) is 9.59 Å². The lowest BCUT2D eigenvalue weighted by atomic mass is 10.1. The molecule has 3 rings (SSSR count). The van der Waals surface area contributed by atoms with Crippen LogP contribution in [0.25, 0.3) is 0 Å². The first-order valence-electron chi connectivity index (χ1n) is 12.1. The number of nitrogens with zero attached hydrogens (tertiary/aromatic N) is 2. The van der Waals surface area contributed by atoms with Gasteiger partial charge < -0.3 is 19.3 Å². The van der Waals surface area contributed by atoms with Gasteiger partial charge in [0.25, 0.3) is 11.8 Å². The predicted octanol–water partition coefficient (Wildman–Crippen LogP) is 6.27. The molecule has 0 N–H and O–H groups in total. The van der Waals surface area contributed by atoms with E-state index in [2.05, 4.69) is 59.6 Å². The number of rotatable bonds is 8. The Hall–Kier alpha value is -2.06. The van der Waals surface area contributed by atoms with Crippen molar-refractivity contribution >= 4 is 43.7 Å². The fourth-order valence-corrected chi connectivity index (χ4v) is 4.49. The van der Waals surface area contributed by atoms with Crippen LogP contribution >= 0.6 is 31.9 Å². The topological polar surface area (TPSA) is 59.1 Å². The van der Waals surface area contributed by atoms with E-state index in [-0.39, 0.29) is 11.8 Å². The smallest absolute Gasteiger partial charge is 0.257 e. The number of hydrogen-bond donors (Lipinski definition) is 0. The minimum absolute atomic E-state index is 0.0808. The Morgan fingerprint density at radius 3 is 1.51 bits per heavy atom. The van der Waals surface area contributed by atoms with Crippen LogP contribution in [0.3, 0.4) is 0 Å². The number of carbonyl (C=O) groups excluding carboxylic acids is 2. The molecule has 2 amide bonds. The summed E-state index contributed by atoms with van der Waals surface area (Å²) in [5.41, 5.74) is 1.08. The molecule has 1 saturated heterocycles. The number of amides is 2. The Bertz CT molecular complexity index is 960. The number of benzene rings is 2. The van der Waals surface area contributed by atoms with Crippen molar-refractivity contribution in [2.45, 2.75) is 34.1 Å². The van der Waals surface area contributed by atoms with Gasteiger partial charge in [-0.05, 0) is 54.7 Å². The van der Waals surface area contributed by atoms with Crippen molar-refractivity contribution in [3.05, 3.63) is 56.5 Å². The van der Waals surface area contributed by atoms with Gasteiger partial charge in [0.15, 0.2) is 0 Å². The van der Waals surface area contributed by atoms with Crippen molar-refractivity contribution in [1.29, 1.82) is 0 Å². The molecule has 35 heavy (non-hydrogen) atoms. The zero-order chi connectivity index (χ0) is 25.5. The Labute approximate surface area is 225 Å². The van der Waals surface area contributed by atoms with Gasteiger partial charge in [0.2, 0.25) is 0 Å². The van der Waals surface area contributed by atoms with Gasteiger partial charge in [0.05, 0.1) is 24.3 Å². The van der Waals surface area contributed by atoms with E-state index >= 15 is 0 Å². The van der Waals surface area contributed by atoms with Crippen LogP contribution in [0.2, 0.25) is 0 Å². The highest BCUT2D eigenvalue weighted by Crippen LogP contribution is 2.28. The van der Waals surface area contributed by atoms with Crippen LogP contribution in [0.1, 0.15) is 54.8 Å². The van der Waals surface area contributed by atoms with Crippen molar-refractivity contribution in [2.75, 3.05) is 39.4 Å². The lowest BCUT2D eigenvalue weighted by molar-refractivity contribution is 0.0713. The molecule has 1 heterocycles. The molecule has 1 aliphatic rings. The van der Waals surface area contributed by atoms with Crippen LogP contribution in [0.4, 0.5) is 0 Å². The zero-order valence-electron chi connectivity index (χ0n) is 20.9. The van der Waals surface area contributed by atoms with Gasteiger partial charge in [0, 0.05) is 35.1 Å². The molecule has 0 aliphatic carbocycles. The second kappa shape index (κ2) is 12.8. The summed E-state index contributed by atoms with van der Waals surface area (Å²) in [6, 6.07) is 11.0. The van der Waals surface area contributed by atoms with Gasteiger partial charge in [-0.2, -0.15) is 0 Å². The molecule has 0 saturated carbocycles. The number of halogens is 2. The fourth-order valence-electron chi connectivity index (χ4n) is 3.77. The van der Waals surface area contributed by atoms with Gasteiger partial charge in [0.1, 0.15) is 11.5 Å². The van der Waals surface area contributed by atoms with Crippen molar-refractivity contribution in [3.63, 3.8) is 0 Å². The molecule has 1 aliphatic heterocycles. The summed E-state index contributed by atoms with van der Waals surface area (Å²) >= 11 is 6.96. The maximum absolute atomic E-state index is 13.5. The standard InChI is InChI=1S/C27H34Br2N2O4/c1-18(2)16-34-24-8-6-20(28)14-22(24)26(32)30-10-5-11-31(13-12-30)27(33)23-15-21(29)7-9-25(23)35-17-19(3)4/h6-9,14-15,18-19H,5,10-13,16-17H2,1-4H3. The fraction of sp³-hybridized carbons (Fsp3) is 0.481. The first kappa shape index (κ1) is 27.5. The number of hydrogen-bond acceptors (Lipinski definition) is 4. The van der Waals surface area contributed by atoms with Gasteiger partial charge in [-0.1, -0.05) is 59.6 Å². The third-order valence-electron chi connectivity index (χ3n) is 5.56. The monoisotopic (exact) mass is 608 g/mol. The molecule has 6 nitrogen and oxygen atoms in total. The van der Waals surface area contributed by atoms with Crippen LogP contribution in [0, 0.1) is 11.8 Å². The zero-order valence-corrected chi connectivity index (χ0v) is 24.0. The Balaban J connectivity index is 1.74. The molecule has 0 aromatic heterocycles. The summed E-state index contributed by atoms with van der Waals surface area (Å²) in [6.45, 7) is 11.4. The summed E-state index contributed by atoms with van der Waals surface area (Å²) < 4.78 is 13.5. The summed E-state index contributed by atoms with van der Waals surface area (Å²) in [5, 5.41) is 0. The molecular weight excluding hydrogens is 576 g/mol. The van der Waals surface area contributed by atoms with Crippen LogP contribution in [0.5, 0.6) is 11.5 Å². The molecule has 0 bridgehead atoms. The summed E-state index contributed by atoms with van der Waals surface area (Å²) in [6.07, 6.45) is 0.698. The quantitative estimate of drug-likeness (QED) is 0.354. The second-order valence-corrected chi connectivity index (χ2v) is 11.5. The first-order valence-corrected chi connectivity index (χ1v) is 13.7. The maximum Gasteiger partial charge on any atom is 0.257 e. The van der Waals surface area contributed by atoms with E-state index < -0.39 is 0 Å². The summed E-state index contributed by atoms with van der Waals surface area (Å²) in [5.74, 6) is 1.72. The number of carbonyl (C=O) groups is 2. The lowest BCUT2D eigenvalue weighted by Gasteiger charge is -2.24. The summed E-state index contributed by atoms with van der Waals surface area (Å²) in [4.78, 5) is 30.5. The van der Waals surface area contributed by atoms with Gasteiger partial charge in [-0.3, -0.25) is 9.59 Å². The van der Waals surface area contributed by atoms with E-state index in [1.165, 1.54) is 0 Å². The predicted molar refractivity (Wildman–Crippen MR) is 145 cm³/mol. The molecule has 0 atom stereocenters. The Morgan fingerprint density at radius 1 is 0.743 bits per heavy atom. The first-order chi connectivity index (χ1) is 16.7. The highest BCUT2D eigenvalue weighted by Gasteiger charge is 2.27. The van der Waals surface area contributed by atoms with Gasteiger partial charge in [-0.25, -0.2) is 0 Å². The van der Waals surface area contributed by atoms with Crippen LogP contribution in [-0.2, 0) is 0 Å². The minimum atomic E-state index is -0.0808. The number of ether oxygens (including phenoxy) is 2. The third-order valence-corrected chi connectivity index (χ3v) is 6.55. The SMILES string of the molecule is CC(C)COc1ccc(Br)cc1C(=O)N1CCCN(C(=O)c2cc(Br)ccc2OCC(C)C)CC1. The third kappa shape index (κ3) is 7.71. The van der Waals surface area contributed by atoms with Crippen LogP contribution in [0.15, 0.2) is 45.3 Å².